The van der Waals surface area contributed by atoms with Gasteiger partial charge < -0.3 is 31.4 Å². The molecule has 9 heteroatoms. The van der Waals surface area contributed by atoms with Crippen LogP contribution in [-0.2, 0) is 11.2 Å². The highest BCUT2D eigenvalue weighted by Gasteiger charge is 2.07. The molecule has 0 spiro atoms. The maximum atomic E-state index is 9.97. The lowest BCUT2D eigenvalue weighted by atomic mass is 10.2. The number of hydrogen-bond acceptors (Lipinski definition) is 8. The van der Waals surface area contributed by atoms with E-state index in [9.17, 15) is 4.79 Å². The third kappa shape index (κ3) is 13.0. The van der Waals surface area contributed by atoms with Gasteiger partial charge in [-0.2, -0.15) is 0 Å². The summed E-state index contributed by atoms with van der Waals surface area (Å²) in [4.78, 5) is 17.6. The van der Waals surface area contributed by atoms with Crippen LogP contribution >= 0.6 is 24.0 Å². The number of hydrogen-bond donors (Lipinski definition) is 4. The number of likely N-dealkylation sites (N-methyl/N-ethyl adjacent to an activating group) is 1. The molecule has 0 saturated carbocycles. The molecule has 0 aliphatic heterocycles. The molecule has 3 aromatic rings. The first-order chi connectivity index (χ1) is 18.5. The van der Waals surface area contributed by atoms with E-state index in [0.29, 0.717) is 6.42 Å². The second-order valence-corrected chi connectivity index (χ2v) is 8.83. The highest BCUT2D eigenvalue weighted by Crippen LogP contribution is 2.31. The van der Waals surface area contributed by atoms with Crippen molar-refractivity contribution < 1.29 is 4.79 Å². The van der Waals surface area contributed by atoms with E-state index in [0.717, 1.165) is 46.0 Å². The van der Waals surface area contributed by atoms with Gasteiger partial charge in [-0.1, -0.05) is 48.6 Å². The van der Waals surface area contributed by atoms with Crippen molar-refractivity contribution in [2.75, 3.05) is 44.6 Å². The number of aromatic nitrogens is 1. The number of benzene rings is 2. The predicted molar refractivity (Wildman–Crippen MR) is 169 cm³/mol. The van der Waals surface area contributed by atoms with E-state index >= 15 is 0 Å². The zero-order valence-corrected chi connectivity index (χ0v) is 24.1. The molecule has 0 unspecified atom stereocenters. The van der Waals surface area contributed by atoms with Crippen molar-refractivity contribution >= 4 is 58.9 Å². The molecule has 0 radical (unpaired) electrons. The molecular weight excluding hydrogens is 512 g/mol. The number of nitrogens with one attached hydrogen (secondary N) is 3. The van der Waals surface area contributed by atoms with E-state index < -0.39 is 0 Å². The quantitative estimate of drug-likeness (QED) is 0.139. The molecule has 5 N–H and O–H groups in total. The van der Waals surface area contributed by atoms with Gasteiger partial charge in [0.15, 0.2) is 0 Å². The van der Waals surface area contributed by atoms with Crippen LogP contribution in [0.15, 0.2) is 90.2 Å². The number of anilines is 3. The topological polar surface area (TPSA) is 95.3 Å². The molecule has 3 rings (SSSR count). The monoisotopic (exact) mass is 550 g/mol. The van der Waals surface area contributed by atoms with Gasteiger partial charge in [-0.25, -0.2) is 0 Å². The van der Waals surface area contributed by atoms with Crippen LogP contribution in [-0.4, -0.2) is 55.6 Å². The first-order valence-electron chi connectivity index (χ1n) is 11.9. The van der Waals surface area contributed by atoms with Crippen LogP contribution < -0.4 is 21.7 Å². The third-order valence-corrected chi connectivity index (χ3v) is 5.65. The fraction of sp³-hybridized carbons (Fsp3) is 0.207. The van der Waals surface area contributed by atoms with E-state index in [-0.39, 0.29) is 0 Å². The van der Waals surface area contributed by atoms with Crippen molar-refractivity contribution in [3.63, 3.8) is 0 Å². The molecule has 0 aliphatic carbocycles. The lowest BCUT2D eigenvalue weighted by Crippen LogP contribution is -2.10. The molecule has 1 aromatic heterocycles. The molecule has 0 bridgehead atoms. The Morgan fingerprint density at radius 3 is 2.29 bits per heavy atom. The minimum atomic E-state index is 0.529. The Bertz CT molecular complexity index is 1120. The minimum Gasteiger partial charge on any atom is -0.403 e. The summed E-state index contributed by atoms with van der Waals surface area (Å²) in [6, 6.07) is 19.6. The van der Waals surface area contributed by atoms with E-state index in [1.165, 1.54) is 11.7 Å². The SMILES string of the molecule is CNC.CSc1c(Nc2ccc(NC=S)cc2)ccnc1/C=C/CN(C)/C=C\N.O=CCc1ccccc1. The summed E-state index contributed by atoms with van der Waals surface area (Å²) >= 11 is 6.47. The number of nitrogens with zero attached hydrogens (tertiary/aromatic N) is 2. The first-order valence-corrected chi connectivity index (χ1v) is 13.6. The number of carbonyl (C=O) groups is 1. The minimum absolute atomic E-state index is 0.529. The number of nitrogens with two attached hydrogens (primary N) is 1. The Morgan fingerprint density at radius 2 is 1.71 bits per heavy atom. The summed E-state index contributed by atoms with van der Waals surface area (Å²) in [5.41, 5.74) is 11.9. The smallest absolute Gasteiger partial charge is 0.124 e. The molecule has 202 valence electrons. The number of aldehydes is 1. The number of thioether (sulfide) groups is 1. The fourth-order valence-electron chi connectivity index (χ4n) is 3.02. The van der Waals surface area contributed by atoms with Crippen molar-refractivity contribution in [3.8, 4) is 0 Å². The lowest BCUT2D eigenvalue weighted by molar-refractivity contribution is -0.107. The average Bonchev–Trinajstić information content (AvgIpc) is 2.92. The molecule has 0 atom stereocenters. The van der Waals surface area contributed by atoms with Gasteiger partial charge in [0.25, 0.3) is 0 Å². The molecule has 2 aromatic carbocycles. The maximum Gasteiger partial charge on any atom is 0.124 e. The number of rotatable bonds is 11. The number of thiocarbonyl (C=S) groups is 1. The summed E-state index contributed by atoms with van der Waals surface area (Å²) < 4.78 is 0. The Hall–Kier alpha value is -3.66. The number of carbonyl (C=O) groups excluding carboxylic acids is 1. The number of pyridine rings is 1. The first kappa shape index (κ1) is 32.4. The zero-order valence-electron chi connectivity index (χ0n) is 22.4. The van der Waals surface area contributed by atoms with Crippen molar-refractivity contribution in [1.82, 2.24) is 15.2 Å². The summed E-state index contributed by atoms with van der Waals surface area (Å²) in [6.07, 6.45) is 12.8. The van der Waals surface area contributed by atoms with Crippen LogP contribution in [0, 0.1) is 0 Å². The van der Waals surface area contributed by atoms with Crippen molar-refractivity contribution in [2.45, 2.75) is 11.3 Å². The molecule has 0 amide bonds. The van der Waals surface area contributed by atoms with Crippen molar-refractivity contribution in [2.24, 2.45) is 5.73 Å². The maximum absolute atomic E-state index is 9.97. The Morgan fingerprint density at radius 1 is 1.05 bits per heavy atom. The Labute approximate surface area is 236 Å². The van der Waals surface area contributed by atoms with Gasteiger partial charge in [0, 0.05) is 50.0 Å². The summed E-state index contributed by atoms with van der Waals surface area (Å²) in [5, 5.41) is 9.20. The van der Waals surface area contributed by atoms with E-state index in [1.807, 2.05) is 105 Å². The van der Waals surface area contributed by atoms with Gasteiger partial charge in [-0.15, -0.1) is 11.8 Å². The molecular formula is C29H38N6OS2. The average molecular weight is 551 g/mol. The van der Waals surface area contributed by atoms with Gasteiger partial charge in [0.1, 0.15) is 6.29 Å². The van der Waals surface area contributed by atoms with E-state index in [4.69, 9.17) is 18.0 Å². The van der Waals surface area contributed by atoms with Crippen LogP contribution in [0.5, 0.6) is 0 Å². The molecule has 1 heterocycles. The highest BCUT2D eigenvalue weighted by atomic mass is 32.2. The Balaban J connectivity index is 0.000000497. The Kier molecular flexibility index (Phi) is 17.4. The van der Waals surface area contributed by atoms with Crippen LogP contribution in [0.1, 0.15) is 11.3 Å². The predicted octanol–water partition coefficient (Wildman–Crippen LogP) is 5.55. The summed E-state index contributed by atoms with van der Waals surface area (Å²) in [6.45, 7) is 0.759. The molecule has 38 heavy (non-hydrogen) atoms. The largest absolute Gasteiger partial charge is 0.403 e. The molecule has 0 aliphatic rings. The zero-order chi connectivity index (χ0) is 28.0. The lowest BCUT2D eigenvalue weighted by Gasteiger charge is -2.13. The van der Waals surface area contributed by atoms with Gasteiger partial charge in [-0.3, -0.25) is 4.98 Å². The van der Waals surface area contributed by atoms with Gasteiger partial charge >= 0.3 is 0 Å². The standard InChI is InChI=1S/C19H23N5S2.C8H8O.C2H7N/c1-24(13-10-20)12-3-4-17-19(26-2)18(9-11-21-17)23-16-7-5-15(6-8-16)22-14-25;9-7-6-8-4-2-1-3-5-8;1-3-2/h3-11,13-14H,12,20H2,1-2H3,(H,21,23)(H,22,25);1-5,7H,6H2;3H,1-2H3/b4-3+,13-10-;;. The van der Waals surface area contributed by atoms with E-state index in [1.54, 1.807) is 11.8 Å². The molecule has 0 fully saturated rings. The second kappa shape index (κ2) is 20.4. The summed E-state index contributed by atoms with van der Waals surface area (Å²) in [5.74, 6) is 0. The van der Waals surface area contributed by atoms with E-state index in [2.05, 4.69) is 33.3 Å². The van der Waals surface area contributed by atoms with Crippen LogP contribution in [0.25, 0.3) is 6.08 Å². The van der Waals surface area contributed by atoms with Gasteiger partial charge in [-0.05, 0) is 62.3 Å². The van der Waals surface area contributed by atoms with Gasteiger partial charge in [0.05, 0.1) is 21.8 Å². The highest BCUT2D eigenvalue weighted by molar-refractivity contribution is 7.98. The van der Waals surface area contributed by atoms with Gasteiger partial charge in [0.2, 0.25) is 0 Å². The van der Waals surface area contributed by atoms with Crippen molar-refractivity contribution in [3.05, 3.63) is 96.6 Å². The van der Waals surface area contributed by atoms with Crippen LogP contribution in [0.3, 0.4) is 0 Å². The van der Waals surface area contributed by atoms with Crippen LogP contribution in [0.2, 0.25) is 0 Å². The fourth-order valence-corrected chi connectivity index (χ4v) is 3.82. The van der Waals surface area contributed by atoms with Crippen molar-refractivity contribution in [1.29, 1.82) is 0 Å². The third-order valence-electron chi connectivity index (χ3n) is 4.70. The molecule has 0 saturated heterocycles. The second-order valence-electron chi connectivity index (χ2n) is 7.78. The molecule has 7 nitrogen and oxygen atoms in total. The van der Waals surface area contributed by atoms with Crippen LogP contribution in [0.4, 0.5) is 17.1 Å². The summed E-state index contributed by atoms with van der Waals surface area (Å²) in [7, 11) is 5.72. The normalized spacial score (nSPS) is 10.1.